The molecule has 2 aromatic rings. The molecule has 0 amide bonds. The van der Waals surface area contributed by atoms with Crippen LogP contribution < -0.4 is 5.32 Å². The Morgan fingerprint density at radius 2 is 1.52 bits per heavy atom. The normalized spacial score (nSPS) is 21.2. The van der Waals surface area contributed by atoms with Crippen LogP contribution >= 0.6 is 0 Å². The second kappa shape index (κ2) is 6.83. The standard InChI is InChI=1S/C25H32BNO2/c1-23(2)21-11-9-8-10-19(21)20-13-12-17(15-22(20)23)14-18(16-27-7)26-28-24(3,4)25(5,6)29-26/h8-15,27H,16H2,1-7H3. The molecule has 4 rings (SSSR count). The highest BCUT2D eigenvalue weighted by Crippen LogP contribution is 2.48. The van der Waals surface area contributed by atoms with Gasteiger partial charge in [0.1, 0.15) is 0 Å². The van der Waals surface area contributed by atoms with Gasteiger partial charge in [-0.3, -0.25) is 0 Å². The molecule has 152 valence electrons. The molecule has 1 heterocycles. The Morgan fingerprint density at radius 3 is 2.17 bits per heavy atom. The zero-order valence-electron chi connectivity index (χ0n) is 18.7. The molecule has 2 aromatic carbocycles. The highest BCUT2D eigenvalue weighted by molar-refractivity contribution is 6.55. The number of likely N-dealkylation sites (N-methyl/N-ethyl adjacent to an activating group) is 1. The Bertz CT molecular complexity index is 959. The summed E-state index contributed by atoms with van der Waals surface area (Å²) in [6.07, 6.45) is 2.22. The Labute approximate surface area is 175 Å². The molecule has 0 bridgehead atoms. The van der Waals surface area contributed by atoms with Crippen molar-refractivity contribution in [2.45, 2.75) is 58.2 Å². The maximum atomic E-state index is 6.30. The summed E-state index contributed by atoms with van der Waals surface area (Å²) in [5.41, 5.74) is 7.09. The average molecular weight is 389 g/mol. The van der Waals surface area contributed by atoms with Crippen molar-refractivity contribution in [3.8, 4) is 11.1 Å². The molecule has 1 aliphatic carbocycles. The minimum Gasteiger partial charge on any atom is -0.400 e. The van der Waals surface area contributed by atoms with E-state index in [1.807, 2.05) is 7.05 Å². The van der Waals surface area contributed by atoms with Crippen molar-refractivity contribution < 1.29 is 9.31 Å². The van der Waals surface area contributed by atoms with Gasteiger partial charge in [0, 0.05) is 12.0 Å². The van der Waals surface area contributed by atoms with Crippen LogP contribution in [0.5, 0.6) is 0 Å². The van der Waals surface area contributed by atoms with Gasteiger partial charge >= 0.3 is 7.12 Å². The smallest absolute Gasteiger partial charge is 0.400 e. The van der Waals surface area contributed by atoms with E-state index in [4.69, 9.17) is 9.31 Å². The molecular formula is C25H32BNO2. The molecule has 0 spiro atoms. The SMILES string of the molecule is CNCC(=Cc1ccc2c(c1)C(C)(C)c1ccccc1-2)B1OC(C)(C)C(C)(C)O1. The number of fused-ring (bicyclic) bond motifs is 3. The third-order valence-electron chi connectivity index (χ3n) is 6.90. The average Bonchev–Trinajstić information content (AvgIpc) is 3.01. The van der Waals surface area contributed by atoms with E-state index in [9.17, 15) is 0 Å². The third kappa shape index (κ3) is 3.28. The summed E-state index contributed by atoms with van der Waals surface area (Å²) in [6, 6.07) is 15.5. The van der Waals surface area contributed by atoms with Crippen molar-refractivity contribution in [3.63, 3.8) is 0 Å². The van der Waals surface area contributed by atoms with Crippen molar-refractivity contribution in [3.05, 3.63) is 64.6 Å². The van der Waals surface area contributed by atoms with Crippen LogP contribution in [-0.4, -0.2) is 31.9 Å². The van der Waals surface area contributed by atoms with Gasteiger partial charge in [-0.15, -0.1) is 0 Å². The first-order chi connectivity index (χ1) is 13.6. The van der Waals surface area contributed by atoms with E-state index >= 15 is 0 Å². The van der Waals surface area contributed by atoms with E-state index in [2.05, 4.69) is 95.4 Å². The monoisotopic (exact) mass is 389 g/mol. The first-order valence-corrected chi connectivity index (χ1v) is 10.5. The molecule has 0 saturated carbocycles. The molecule has 1 aliphatic heterocycles. The maximum Gasteiger partial charge on any atom is 0.491 e. The van der Waals surface area contributed by atoms with Crippen molar-refractivity contribution in [1.82, 2.24) is 5.32 Å². The minimum absolute atomic E-state index is 0.00326. The third-order valence-corrected chi connectivity index (χ3v) is 6.90. The summed E-state index contributed by atoms with van der Waals surface area (Å²) in [5, 5.41) is 3.27. The van der Waals surface area contributed by atoms with Gasteiger partial charge in [-0.05, 0) is 68.0 Å². The minimum atomic E-state index is -0.342. The van der Waals surface area contributed by atoms with E-state index in [1.165, 1.54) is 27.8 Å². The predicted molar refractivity (Wildman–Crippen MR) is 122 cm³/mol. The molecule has 0 aromatic heterocycles. The van der Waals surface area contributed by atoms with Gasteiger partial charge < -0.3 is 14.6 Å². The van der Waals surface area contributed by atoms with Crippen LogP contribution in [0.1, 0.15) is 58.2 Å². The largest absolute Gasteiger partial charge is 0.491 e. The molecule has 3 nitrogen and oxygen atoms in total. The van der Waals surface area contributed by atoms with Crippen LogP contribution in [-0.2, 0) is 14.7 Å². The molecule has 1 fully saturated rings. The van der Waals surface area contributed by atoms with Crippen LogP contribution in [0.15, 0.2) is 47.9 Å². The summed E-state index contributed by atoms with van der Waals surface area (Å²) >= 11 is 0. The Hall–Kier alpha value is -1.88. The molecule has 0 radical (unpaired) electrons. The van der Waals surface area contributed by atoms with Crippen LogP contribution in [0.25, 0.3) is 17.2 Å². The van der Waals surface area contributed by atoms with E-state index in [0.29, 0.717) is 0 Å². The van der Waals surface area contributed by atoms with Gasteiger partial charge in [-0.2, -0.15) is 0 Å². The van der Waals surface area contributed by atoms with E-state index in [1.54, 1.807) is 0 Å². The van der Waals surface area contributed by atoms with Crippen molar-refractivity contribution in [1.29, 1.82) is 0 Å². The van der Waals surface area contributed by atoms with Crippen LogP contribution in [0.4, 0.5) is 0 Å². The Morgan fingerprint density at radius 1 is 0.897 bits per heavy atom. The number of nitrogens with one attached hydrogen (secondary N) is 1. The van der Waals surface area contributed by atoms with E-state index in [0.717, 1.165) is 12.0 Å². The highest BCUT2D eigenvalue weighted by atomic mass is 16.7. The van der Waals surface area contributed by atoms with Gasteiger partial charge in [0.25, 0.3) is 0 Å². The Balaban J connectivity index is 1.72. The maximum absolute atomic E-state index is 6.30. The first-order valence-electron chi connectivity index (χ1n) is 10.5. The van der Waals surface area contributed by atoms with Crippen LogP contribution in [0.2, 0.25) is 0 Å². The summed E-state index contributed by atoms with van der Waals surface area (Å²) in [5.74, 6) is 0. The van der Waals surface area contributed by atoms with Gasteiger partial charge in [0.15, 0.2) is 0 Å². The summed E-state index contributed by atoms with van der Waals surface area (Å²) in [4.78, 5) is 0. The number of hydrogen-bond acceptors (Lipinski definition) is 3. The number of rotatable bonds is 4. The summed E-state index contributed by atoms with van der Waals surface area (Å²) in [7, 11) is 1.62. The lowest BCUT2D eigenvalue weighted by Gasteiger charge is -2.32. The van der Waals surface area contributed by atoms with Crippen LogP contribution in [0.3, 0.4) is 0 Å². The van der Waals surface area contributed by atoms with Gasteiger partial charge in [0.05, 0.1) is 11.2 Å². The van der Waals surface area contributed by atoms with E-state index < -0.39 is 0 Å². The number of benzene rings is 2. The van der Waals surface area contributed by atoms with Gasteiger partial charge in [-0.25, -0.2) is 0 Å². The van der Waals surface area contributed by atoms with Crippen molar-refractivity contribution >= 4 is 13.2 Å². The molecular weight excluding hydrogens is 357 g/mol. The molecule has 0 unspecified atom stereocenters. The van der Waals surface area contributed by atoms with Crippen molar-refractivity contribution in [2.75, 3.05) is 13.6 Å². The second-order valence-electron chi connectivity index (χ2n) is 9.81. The highest BCUT2D eigenvalue weighted by Gasteiger charge is 2.52. The predicted octanol–water partition coefficient (Wildman–Crippen LogP) is 5.23. The van der Waals surface area contributed by atoms with Crippen molar-refractivity contribution in [2.24, 2.45) is 0 Å². The van der Waals surface area contributed by atoms with Gasteiger partial charge in [-0.1, -0.05) is 62.4 Å². The van der Waals surface area contributed by atoms with Gasteiger partial charge in [0.2, 0.25) is 0 Å². The molecule has 1 N–H and O–H groups in total. The van der Waals surface area contributed by atoms with Crippen LogP contribution in [0, 0.1) is 0 Å². The zero-order chi connectivity index (χ0) is 21.0. The summed E-state index contributed by atoms with van der Waals surface area (Å²) in [6.45, 7) is 13.7. The quantitative estimate of drug-likeness (QED) is 0.727. The zero-order valence-corrected chi connectivity index (χ0v) is 18.7. The number of hydrogen-bond donors (Lipinski definition) is 1. The van der Waals surface area contributed by atoms with E-state index in [-0.39, 0.29) is 23.7 Å². The second-order valence-corrected chi connectivity index (χ2v) is 9.81. The molecule has 4 heteroatoms. The topological polar surface area (TPSA) is 30.5 Å². The Kier molecular flexibility index (Phi) is 4.81. The lowest BCUT2D eigenvalue weighted by Crippen LogP contribution is -2.41. The fraction of sp³-hybridized carbons (Fsp3) is 0.440. The summed E-state index contributed by atoms with van der Waals surface area (Å²) < 4.78 is 12.6. The fourth-order valence-corrected chi connectivity index (χ4v) is 4.43. The molecule has 2 aliphatic rings. The first kappa shape index (κ1) is 20.4. The molecule has 1 saturated heterocycles. The molecule has 29 heavy (non-hydrogen) atoms. The molecule has 0 atom stereocenters. The fourth-order valence-electron chi connectivity index (χ4n) is 4.43. The lowest BCUT2D eigenvalue weighted by molar-refractivity contribution is 0.00578. The lowest BCUT2D eigenvalue weighted by atomic mass is 9.76.